The van der Waals surface area contributed by atoms with Crippen LogP contribution in [0.2, 0.25) is 0 Å². The Morgan fingerprint density at radius 1 is 0.812 bits per heavy atom. The van der Waals surface area contributed by atoms with Gasteiger partial charge in [-0.25, -0.2) is 19.6 Å². The highest BCUT2D eigenvalue weighted by atomic mass is 16.5. The fraction of sp³-hybridized carbons (Fsp3) is 0.136. The largest absolute Gasteiger partial charge is 0.465 e. The number of aromatic nitrogens is 2. The molecule has 0 aliphatic rings. The van der Waals surface area contributed by atoms with Crippen molar-refractivity contribution in [2.45, 2.75) is 6.92 Å². The lowest BCUT2D eigenvalue weighted by atomic mass is 10.1. The molecule has 10 nitrogen and oxygen atoms in total. The second-order valence-corrected chi connectivity index (χ2v) is 6.65. The first kappa shape index (κ1) is 22.2. The molecule has 0 saturated carbocycles. The zero-order valence-corrected chi connectivity index (χ0v) is 17.6. The van der Waals surface area contributed by atoms with Crippen molar-refractivity contribution in [1.29, 1.82) is 0 Å². The number of anilines is 5. The van der Waals surface area contributed by atoms with Crippen LogP contribution in [-0.2, 0) is 9.47 Å². The number of carbonyl (C=O) groups excluding carboxylic acids is 3. The van der Waals surface area contributed by atoms with Crippen molar-refractivity contribution in [2.75, 3.05) is 30.6 Å². The van der Waals surface area contributed by atoms with Crippen molar-refractivity contribution < 1.29 is 23.9 Å². The van der Waals surface area contributed by atoms with Crippen molar-refractivity contribution in [3.8, 4) is 0 Å². The molecule has 0 amide bonds. The van der Waals surface area contributed by atoms with Crippen LogP contribution < -0.4 is 16.4 Å². The summed E-state index contributed by atoms with van der Waals surface area (Å²) in [5.74, 6) is -0.772. The number of ether oxygens (including phenoxy) is 2. The average Bonchev–Trinajstić information content (AvgIpc) is 2.80. The molecule has 164 valence electrons. The van der Waals surface area contributed by atoms with Gasteiger partial charge in [-0.05, 0) is 37.3 Å². The highest BCUT2D eigenvalue weighted by Crippen LogP contribution is 2.29. The minimum Gasteiger partial charge on any atom is -0.465 e. The zero-order valence-electron chi connectivity index (χ0n) is 17.6. The Hall–Kier alpha value is -4.47. The molecule has 0 atom stereocenters. The van der Waals surface area contributed by atoms with Gasteiger partial charge in [0, 0.05) is 16.9 Å². The minimum absolute atomic E-state index is 0.0708. The Labute approximate surface area is 183 Å². The van der Waals surface area contributed by atoms with E-state index in [2.05, 4.69) is 20.6 Å². The third-order valence-corrected chi connectivity index (χ3v) is 4.45. The van der Waals surface area contributed by atoms with Crippen LogP contribution in [0.3, 0.4) is 0 Å². The van der Waals surface area contributed by atoms with Crippen LogP contribution in [0.5, 0.6) is 0 Å². The molecule has 0 saturated heterocycles. The number of hydrogen-bond acceptors (Lipinski definition) is 10. The van der Waals surface area contributed by atoms with Crippen molar-refractivity contribution in [2.24, 2.45) is 0 Å². The van der Waals surface area contributed by atoms with Crippen LogP contribution in [0.4, 0.5) is 28.7 Å². The fourth-order valence-electron chi connectivity index (χ4n) is 2.86. The summed E-state index contributed by atoms with van der Waals surface area (Å²) < 4.78 is 9.48. The van der Waals surface area contributed by atoms with Crippen molar-refractivity contribution in [3.05, 3.63) is 65.5 Å². The second kappa shape index (κ2) is 9.56. The maximum atomic E-state index is 12.0. The molecule has 0 fully saturated rings. The molecule has 0 unspecified atom stereocenters. The van der Waals surface area contributed by atoms with Gasteiger partial charge in [0.25, 0.3) is 0 Å². The maximum Gasteiger partial charge on any atom is 0.337 e. The van der Waals surface area contributed by atoms with Crippen LogP contribution in [0.15, 0.2) is 48.8 Å². The van der Waals surface area contributed by atoms with E-state index < -0.39 is 11.9 Å². The van der Waals surface area contributed by atoms with Crippen LogP contribution in [-0.4, -0.2) is 41.9 Å². The molecule has 32 heavy (non-hydrogen) atoms. The summed E-state index contributed by atoms with van der Waals surface area (Å²) in [5.41, 5.74) is 8.22. The quantitative estimate of drug-likeness (QED) is 0.373. The second-order valence-electron chi connectivity index (χ2n) is 6.65. The van der Waals surface area contributed by atoms with E-state index in [0.717, 1.165) is 0 Å². The number of ketones is 1. The van der Waals surface area contributed by atoms with Gasteiger partial charge in [0.05, 0.1) is 25.3 Å². The molecule has 1 heterocycles. The number of rotatable bonds is 7. The summed E-state index contributed by atoms with van der Waals surface area (Å²) in [6, 6.07) is 11.2. The van der Waals surface area contributed by atoms with E-state index in [-0.39, 0.29) is 28.4 Å². The fourth-order valence-corrected chi connectivity index (χ4v) is 2.86. The van der Waals surface area contributed by atoms with Crippen molar-refractivity contribution in [1.82, 2.24) is 9.97 Å². The number of nitrogens with one attached hydrogen (secondary N) is 2. The molecule has 1 aromatic heterocycles. The Morgan fingerprint density at radius 2 is 1.34 bits per heavy atom. The number of nitrogen functional groups attached to an aromatic ring is 1. The summed E-state index contributed by atoms with van der Waals surface area (Å²) in [5, 5.41) is 6.04. The highest BCUT2D eigenvalue weighted by molar-refractivity contribution is 5.98. The van der Waals surface area contributed by atoms with Crippen molar-refractivity contribution in [3.63, 3.8) is 0 Å². The third-order valence-electron chi connectivity index (χ3n) is 4.45. The monoisotopic (exact) mass is 435 g/mol. The maximum absolute atomic E-state index is 12.0. The molecular formula is C22H21N5O5. The molecule has 0 bridgehead atoms. The number of nitrogens with zero attached hydrogens (tertiary/aromatic N) is 2. The van der Waals surface area contributed by atoms with E-state index in [1.807, 2.05) is 0 Å². The van der Waals surface area contributed by atoms with E-state index in [1.54, 1.807) is 24.3 Å². The molecule has 4 N–H and O–H groups in total. The average molecular weight is 435 g/mol. The normalized spacial score (nSPS) is 10.2. The van der Waals surface area contributed by atoms with Crippen LogP contribution in [0, 0.1) is 0 Å². The molecular weight excluding hydrogens is 414 g/mol. The SMILES string of the molecule is COC(=O)c1cc(Nc2ncnc(Nc3cccc(C(C)=O)c3)c2N)cc(C(=O)OC)c1. The zero-order chi connectivity index (χ0) is 23.3. The van der Waals surface area contributed by atoms with Crippen molar-refractivity contribution >= 4 is 46.4 Å². The number of methoxy groups -OCH3 is 2. The lowest BCUT2D eigenvalue weighted by Crippen LogP contribution is -2.09. The van der Waals surface area contributed by atoms with E-state index >= 15 is 0 Å². The number of hydrogen-bond donors (Lipinski definition) is 3. The predicted octanol–water partition coefficient (Wildman–Crippen LogP) is 3.32. The van der Waals surface area contributed by atoms with Crippen LogP contribution >= 0.6 is 0 Å². The molecule has 2 aromatic carbocycles. The lowest BCUT2D eigenvalue weighted by Gasteiger charge is -2.14. The first-order valence-electron chi connectivity index (χ1n) is 9.39. The number of carbonyl (C=O) groups is 3. The molecule has 0 aliphatic carbocycles. The summed E-state index contributed by atoms with van der Waals surface area (Å²) in [4.78, 5) is 43.9. The Morgan fingerprint density at radius 3 is 1.88 bits per heavy atom. The van der Waals surface area contributed by atoms with Gasteiger partial charge in [0.1, 0.15) is 12.0 Å². The first-order chi connectivity index (χ1) is 15.3. The summed E-state index contributed by atoms with van der Waals surface area (Å²) in [6.45, 7) is 1.48. The Bertz CT molecular complexity index is 1160. The smallest absolute Gasteiger partial charge is 0.337 e. The minimum atomic E-state index is -0.623. The number of esters is 2. The summed E-state index contributed by atoms with van der Waals surface area (Å²) in [6.07, 6.45) is 1.29. The Kier molecular flexibility index (Phi) is 6.64. The van der Waals surface area contributed by atoms with E-state index in [9.17, 15) is 14.4 Å². The van der Waals surface area contributed by atoms with Gasteiger partial charge in [-0.2, -0.15) is 0 Å². The predicted molar refractivity (Wildman–Crippen MR) is 119 cm³/mol. The van der Waals surface area contributed by atoms with Gasteiger partial charge in [-0.15, -0.1) is 0 Å². The van der Waals surface area contributed by atoms with Gasteiger partial charge in [-0.1, -0.05) is 12.1 Å². The third kappa shape index (κ3) is 4.98. The number of benzene rings is 2. The van der Waals surface area contributed by atoms with Gasteiger partial charge in [-0.3, -0.25) is 4.79 Å². The summed E-state index contributed by atoms with van der Waals surface area (Å²) >= 11 is 0. The molecule has 0 radical (unpaired) electrons. The van der Waals surface area contributed by atoms with Gasteiger partial charge in [0.2, 0.25) is 0 Å². The molecule has 0 spiro atoms. The number of Topliss-reactive ketones (excluding diaryl/α,β-unsaturated/α-hetero) is 1. The lowest BCUT2D eigenvalue weighted by molar-refractivity contribution is 0.0599. The Balaban J connectivity index is 1.93. The van der Waals surface area contributed by atoms with Gasteiger partial charge < -0.3 is 25.8 Å². The number of nitrogens with two attached hydrogens (primary N) is 1. The summed E-state index contributed by atoms with van der Waals surface area (Å²) in [7, 11) is 2.48. The van der Waals surface area contributed by atoms with Crippen LogP contribution in [0.1, 0.15) is 38.0 Å². The molecule has 10 heteroatoms. The highest BCUT2D eigenvalue weighted by Gasteiger charge is 2.16. The standard InChI is InChI=1S/C22H21N5O5/c1-12(28)13-5-4-6-16(8-13)26-19-18(23)20(25-11-24-19)27-17-9-14(21(29)31-2)7-15(10-17)22(30)32-3/h4-11H,23H2,1-3H3,(H2,24,25,26,27). The molecule has 3 aromatic rings. The molecule has 3 rings (SSSR count). The van der Waals surface area contributed by atoms with E-state index in [1.165, 1.54) is 45.7 Å². The topological polar surface area (TPSA) is 146 Å². The van der Waals surface area contributed by atoms with Gasteiger partial charge >= 0.3 is 11.9 Å². The first-order valence-corrected chi connectivity index (χ1v) is 9.39. The van der Waals surface area contributed by atoms with Gasteiger partial charge in [0.15, 0.2) is 17.4 Å². The molecule has 0 aliphatic heterocycles. The van der Waals surface area contributed by atoms with E-state index in [4.69, 9.17) is 15.2 Å². The van der Waals surface area contributed by atoms with E-state index in [0.29, 0.717) is 22.8 Å². The van der Waals surface area contributed by atoms with Crippen LogP contribution in [0.25, 0.3) is 0 Å².